The molecule has 32 heavy (non-hydrogen) atoms. The van der Waals surface area contributed by atoms with Crippen molar-refractivity contribution < 1.29 is 23.9 Å². The van der Waals surface area contributed by atoms with Crippen LogP contribution in [-0.4, -0.2) is 58.5 Å². The third kappa shape index (κ3) is 5.72. The summed E-state index contributed by atoms with van der Waals surface area (Å²) in [5, 5.41) is 5.63. The van der Waals surface area contributed by atoms with E-state index >= 15 is 0 Å². The van der Waals surface area contributed by atoms with Gasteiger partial charge in [-0.3, -0.25) is 14.4 Å². The van der Waals surface area contributed by atoms with E-state index in [4.69, 9.17) is 10.5 Å². The monoisotopic (exact) mass is 450 g/mol. The molecule has 2 aliphatic heterocycles. The number of amides is 4. The van der Waals surface area contributed by atoms with Gasteiger partial charge in [0.2, 0.25) is 17.7 Å². The maximum absolute atomic E-state index is 13.4. The lowest BCUT2D eigenvalue weighted by atomic mass is 10.0. The SMILES string of the molecule is CC(C)(C)OC(=O)N[C@H]1CCCCCCC[C@@H]2C[C@@]2(C(N)=O)NC(=O)[C@@H]2CCCN2C1=O. The Balaban J connectivity index is 1.77. The van der Waals surface area contributed by atoms with Gasteiger partial charge in [0.05, 0.1) is 0 Å². The van der Waals surface area contributed by atoms with Crippen LogP contribution < -0.4 is 16.4 Å². The van der Waals surface area contributed by atoms with Gasteiger partial charge in [-0.1, -0.05) is 32.1 Å². The van der Waals surface area contributed by atoms with Crippen molar-refractivity contribution in [3.05, 3.63) is 0 Å². The molecule has 0 aromatic carbocycles. The molecule has 1 saturated carbocycles. The third-order valence-electron chi connectivity index (χ3n) is 6.76. The largest absolute Gasteiger partial charge is 0.444 e. The summed E-state index contributed by atoms with van der Waals surface area (Å²) in [6.45, 7) is 5.75. The number of alkyl carbamates (subject to hydrolysis) is 1. The van der Waals surface area contributed by atoms with E-state index in [1.807, 2.05) is 0 Å². The Morgan fingerprint density at radius 2 is 1.72 bits per heavy atom. The molecule has 9 heteroatoms. The van der Waals surface area contributed by atoms with Crippen molar-refractivity contribution in [3.8, 4) is 0 Å². The van der Waals surface area contributed by atoms with Gasteiger partial charge >= 0.3 is 6.09 Å². The van der Waals surface area contributed by atoms with Gasteiger partial charge in [-0.2, -0.15) is 0 Å². The minimum absolute atomic E-state index is 0.0706. The summed E-state index contributed by atoms with van der Waals surface area (Å²) < 4.78 is 5.35. The number of carbonyl (C=O) groups excluding carboxylic acids is 4. The summed E-state index contributed by atoms with van der Waals surface area (Å²) in [5.41, 5.74) is 4.01. The lowest BCUT2D eigenvalue weighted by Gasteiger charge is -2.30. The van der Waals surface area contributed by atoms with Crippen molar-refractivity contribution >= 4 is 23.8 Å². The van der Waals surface area contributed by atoms with Crippen molar-refractivity contribution in [2.75, 3.05) is 6.54 Å². The Morgan fingerprint density at radius 1 is 1.06 bits per heavy atom. The second-order valence-electron chi connectivity index (χ2n) is 10.5. The summed E-state index contributed by atoms with van der Waals surface area (Å²) >= 11 is 0. The minimum Gasteiger partial charge on any atom is -0.444 e. The Kier molecular flexibility index (Phi) is 7.35. The summed E-state index contributed by atoms with van der Waals surface area (Å²) in [5.74, 6) is -1.03. The second kappa shape index (κ2) is 9.67. The number of nitrogens with one attached hydrogen (secondary N) is 2. The van der Waals surface area contributed by atoms with E-state index in [1.54, 1.807) is 25.7 Å². The number of carbonyl (C=O) groups is 4. The van der Waals surface area contributed by atoms with Gasteiger partial charge in [0.15, 0.2) is 0 Å². The molecule has 9 nitrogen and oxygen atoms in total. The zero-order valence-corrected chi connectivity index (χ0v) is 19.6. The Morgan fingerprint density at radius 3 is 2.38 bits per heavy atom. The molecule has 2 saturated heterocycles. The molecule has 0 aromatic heterocycles. The highest BCUT2D eigenvalue weighted by Crippen LogP contribution is 2.47. The smallest absolute Gasteiger partial charge is 0.408 e. The van der Waals surface area contributed by atoms with E-state index < -0.39 is 35.2 Å². The number of fused-ring (bicyclic) bond motifs is 2. The van der Waals surface area contributed by atoms with Gasteiger partial charge in [-0.15, -0.1) is 0 Å². The Hall–Kier alpha value is -2.32. The molecule has 3 aliphatic rings. The van der Waals surface area contributed by atoms with Crippen molar-refractivity contribution in [1.29, 1.82) is 0 Å². The molecule has 0 bridgehead atoms. The van der Waals surface area contributed by atoms with Gasteiger partial charge in [0.25, 0.3) is 0 Å². The van der Waals surface area contributed by atoms with Crippen molar-refractivity contribution in [1.82, 2.24) is 15.5 Å². The number of rotatable bonds is 2. The molecular weight excluding hydrogens is 412 g/mol. The van der Waals surface area contributed by atoms with Crippen LogP contribution in [0.5, 0.6) is 0 Å². The predicted molar refractivity (Wildman–Crippen MR) is 118 cm³/mol. The van der Waals surface area contributed by atoms with Crippen molar-refractivity contribution in [2.45, 2.75) is 108 Å². The van der Waals surface area contributed by atoms with Gasteiger partial charge in [-0.25, -0.2) is 4.79 Å². The fourth-order valence-corrected chi connectivity index (χ4v) is 4.98. The quantitative estimate of drug-likeness (QED) is 0.592. The summed E-state index contributed by atoms with van der Waals surface area (Å²) in [6, 6.07) is -1.41. The minimum atomic E-state index is -0.983. The number of nitrogens with two attached hydrogens (primary N) is 1. The Labute approximate surface area is 190 Å². The zero-order valence-electron chi connectivity index (χ0n) is 19.6. The van der Waals surface area contributed by atoms with E-state index in [1.165, 1.54) is 0 Å². The van der Waals surface area contributed by atoms with Crippen LogP contribution >= 0.6 is 0 Å². The van der Waals surface area contributed by atoms with E-state index in [0.29, 0.717) is 32.2 Å². The number of hydrogen-bond donors (Lipinski definition) is 3. The average molecular weight is 451 g/mol. The fraction of sp³-hybridized carbons (Fsp3) is 0.826. The molecule has 3 fully saturated rings. The third-order valence-corrected chi connectivity index (χ3v) is 6.76. The molecule has 3 rings (SSSR count). The molecule has 0 aromatic rings. The highest BCUT2D eigenvalue weighted by molar-refractivity contribution is 5.97. The molecule has 180 valence electrons. The highest BCUT2D eigenvalue weighted by atomic mass is 16.6. The van der Waals surface area contributed by atoms with E-state index in [2.05, 4.69) is 10.6 Å². The van der Waals surface area contributed by atoms with Gasteiger partial charge in [-0.05, 0) is 58.8 Å². The molecule has 1 aliphatic carbocycles. The van der Waals surface area contributed by atoms with Crippen LogP contribution in [0.1, 0.15) is 85.0 Å². The first kappa shape index (κ1) is 24.3. The van der Waals surface area contributed by atoms with Crippen molar-refractivity contribution in [3.63, 3.8) is 0 Å². The van der Waals surface area contributed by atoms with E-state index in [9.17, 15) is 19.2 Å². The van der Waals surface area contributed by atoms with Crippen LogP contribution in [0.25, 0.3) is 0 Å². The van der Waals surface area contributed by atoms with Crippen LogP contribution in [0.15, 0.2) is 0 Å². The first-order valence-corrected chi connectivity index (χ1v) is 12.0. The van der Waals surface area contributed by atoms with Gasteiger partial charge in [0.1, 0.15) is 23.2 Å². The topological polar surface area (TPSA) is 131 Å². The van der Waals surface area contributed by atoms with Crippen LogP contribution in [0.2, 0.25) is 0 Å². The second-order valence-corrected chi connectivity index (χ2v) is 10.5. The fourth-order valence-electron chi connectivity index (χ4n) is 4.98. The molecule has 0 radical (unpaired) electrons. The van der Waals surface area contributed by atoms with Crippen LogP contribution in [0, 0.1) is 5.92 Å². The average Bonchev–Trinajstić information content (AvgIpc) is 3.16. The van der Waals surface area contributed by atoms with Gasteiger partial charge < -0.3 is 26.0 Å². The zero-order chi connectivity index (χ0) is 23.5. The summed E-state index contributed by atoms with van der Waals surface area (Å²) in [4.78, 5) is 52.6. The molecule has 0 unspecified atom stereocenters. The van der Waals surface area contributed by atoms with Crippen LogP contribution in [0.4, 0.5) is 4.79 Å². The first-order chi connectivity index (χ1) is 15.0. The molecule has 2 heterocycles. The first-order valence-electron chi connectivity index (χ1n) is 12.0. The van der Waals surface area contributed by atoms with Crippen LogP contribution in [-0.2, 0) is 19.1 Å². The normalized spacial score (nSPS) is 32.0. The molecule has 4 amide bonds. The van der Waals surface area contributed by atoms with Gasteiger partial charge in [0, 0.05) is 6.54 Å². The Bertz CT molecular complexity index is 749. The number of nitrogens with zero attached hydrogens (tertiary/aromatic N) is 1. The maximum atomic E-state index is 13.4. The highest BCUT2D eigenvalue weighted by Gasteiger charge is 2.60. The lowest BCUT2D eigenvalue weighted by molar-refractivity contribution is -0.141. The summed E-state index contributed by atoms with van der Waals surface area (Å²) in [6.07, 6.45) is 7.26. The van der Waals surface area contributed by atoms with Crippen molar-refractivity contribution in [2.24, 2.45) is 11.7 Å². The maximum Gasteiger partial charge on any atom is 0.408 e. The van der Waals surface area contributed by atoms with E-state index in [0.717, 1.165) is 38.5 Å². The van der Waals surface area contributed by atoms with E-state index in [-0.39, 0.29) is 17.7 Å². The summed E-state index contributed by atoms with van der Waals surface area (Å²) in [7, 11) is 0. The standard InChI is InChI=1S/C23H38N4O5/c1-22(2,3)32-21(31)25-16-11-8-6-4-5-7-10-15-14-23(15,20(24)30)26-18(28)17-12-9-13-27(17)19(16)29/h15-17H,4-14H2,1-3H3,(H2,24,30)(H,25,31)(H,26,28)/t15-,16+,17+,23-/m1/s1. The molecule has 0 spiro atoms. The van der Waals surface area contributed by atoms with Crippen LogP contribution in [0.3, 0.4) is 0 Å². The molecule has 4 N–H and O–H groups in total. The predicted octanol–water partition coefficient (Wildman–Crippen LogP) is 1.98. The molecular formula is C23H38N4O5. The molecule has 4 atom stereocenters. The lowest BCUT2D eigenvalue weighted by Crippen LogP contribution is -2.57. The number of ether oxygens (including phenoxy) is 1. The number of primary amides is 1. The number of hydrogen-bond acceptors (Lipinski definition) is 5.